The van der Waals surface area contributed by atoms with E-state index in [-0.39, 0.29) is 27.2 Å². The minimum absolute atomic E-state index is 0.00535. The van der Waals surface area contributed by atoms with Gasteiger partial charge >= 0.3 is 5.97 Å². The molecule has 9 atom stereocenters. The molecule has 0 bridgehead atoms. The normalized spacial score (nSPS) is 40.3. The number of nitrogens with zero attached hydrogens (tertiary/aromatic N) is 1. The average molecular weight is 639 g/mol. The first-order chi connectivity index (χ1) is 22.2. The molecule has 0 radical (unpaired) electrons. The van der Waals surface area contributed by atoms with Crippen LogP contribution in [0.25, 0.3) is 5.57 Å². The number of carboxylic acid groups (broad SMARTS) is 1. The first kappa shape index (κ1) is 32.7. The summed E-state index contributed by atoms with van der Waals surface area (Å²) in [5, 5.41) is 13.5. The Hall–Kier alpha value is -2.79. The van der Waals surface area contributed by atoms with E-state index in [4.69, 9.17) is 0 Å². The summed E-state index contributed by atoms with van der Waals surface area (Å²) in [6, 6.07) is 11.1. The van der Waals surface area contributed by atoms with Crippen molar-refractivity contribution in [3.63, 3.8) is 0 Å². The lowest BCUT2D eigenvalue weighted by Gasteiger charge is -2.72. The molecule has 1 aromatic heterocycles. The van der Waals surface area contributed by atoms with Crippen LogP contribution < -0.4 is 5.32 Å². The summed E-state index contributed by atoms with van der Waals surface area (Å²) in [5.41, 5.74) is 6.02. The topological polar surface area (TPSA) is 62.2 Å². The Morgan fingerprint density at radius 3 is 2.38 bits per heavy atom. The van der Waals surface area contributed by atoms with E-state index in [2.05, 4.69) is 64.5 Å². The predicted molar refractivity (Wildman–Crippen MR) is 187 cm³/mol. The number of hydrogen-bond donors (Lipinski definition) is 2. The van der Waals surface area contributed by atoms with Crippen LogP contribution in [-0.2, 0) is 6.54 Å². The first-order valence-corrected chi connectivity index (χ1v) is 18.2. The lowest BCUT2D eigenvalue weighted by molar-refractivity contribution is -0.219. The Morgan fingerprint density at radius 1 is 0.957 bits per heavy atom. The smallest absolute Gasteiger partial charge is 0.335 e. The fraction of sp³-hybridized carbons (Fsp3) is 0.619. The van der Waals surface area contributed by atoms with Crippen molar-refractivity contribution in [1.29, 1.82) is 0 Å². The van der Waals surface area contributed by atoms with Gasteiger partial charge in [0.05, 0.1) is 5.56 Å². The molecule has 1 aromatic carbocycles. The number of nitrogens with one attached hydrogen (secondary N) is 1. The molecular weight excluding hydrogens is 583 g/mol. The van der Waals surface area contributed by atoms with Gasteiger partial charge in [-0.25, -0.2) is 9.78 Å². The molecule has 47 heavy (non-hydrogen) atoms. The third-order valence-electron chi connectivity index (χ3n) is 15.5. The Balaban J connectivity index is 1.20. The second-order valence-corrected chi connectivity index (χ2v) is 17.6. The van der Waals surface area contributed by atoms with Gasteiger partial charge in [0.2, 0.25) is 5.95 Å². The Morgan fingerprint density at radius 2 is 1.70 bits per heavy atom. The Kier molecular flexibility index (Phi) is 7.75. The molecule has 0 saturated heterocycles. The van der Waals surface area contributed by atoms with Gasteiger partial charge in [0.25, 0.3) is 0 Å². The zero-order valence-corrected chi connectivity index (χ0v) is 29.5. The Labute approximate surface area is 281 Å². The number of carboxylic acids is 1. The molecule has 0 unspecified atom stereocenters. The summed E-state index contributed by atoms with van der Waals surface area (Å²) >= 11 is 0. The zero-order valence-electron chi connectivity index (χ0n) is 29.5. The molecule has 2 N–H and O–H groups in total. The molecular formula is C42H55FN2O2. The molecule has 0 amide bonds. The highest BCUT2D eigenvalue weighted by molar-refractivity contribution is 5.88. The van der Waals surface area contributed by atoms with E-state index in [1.165, 1.54) is 68.1 Å². The molecule has 5 aliphatic carbocycles. The van der Waals surface area contributed by atoms with E-state index in [9.17, 15) is 14.3 Å². The second-order valence-electron chi connectivity index (χ2n) is 17.6. The molecule has 2 aromatic rings. The number of hydrogen-bond acceptors (Lipinski definition) is 3. The van der Waals surface area contributed by atoms with Gasteiger partial charge in [-0.05, 0) is 157 Å². The fourth-order valence-electron chi connectivity index (χ4n) is 13.2. The van der Waals surface area contributed by atoms with Crippen molar-refractivity contribution in [2.75, 3.05) is 0 Å². The average Bonchev–Trinajstić information content (AvgIpc) is 3.41. The van der Waals surface area contributed by atoms with Crippen molar-refractivity contribution in [3.8, 4) is 0 Å². The molecule has 7 rings (SSSR count). The molecule has 4 saturated carbocycles. The van der Waals surface area contributed by atoms with Gasteiger partial charge in [-0.15, -0.1) is 0 Å². The maximum atomic E-state index is 14.0. The largest absolute Gasteiger partial charge is 0.478 e. The van der Waals surface area contributed by atoms with Gasteiger partial charge in [0.1, 0.15) is 0 Å². The molecule has 252 valence electrons. The summed E-state index contributed by atoms with van der Waals surface area (Å²) < 4.78 is 14.0. The third-order valence-corrected chi connectivity index (χ3v) is 15.5. The van der Waals surface area contributed by atoms with E-state index >= 15 is 0 Å². The van der Waals surface area contributed by atoms with Crippen LogP contribution in [0, 0.1) is 57.2 Å². The van der Waals surface area contributed by atoms with Crippen LogP contribution in [0.2, 0.25) is 0 Å². The van der Waals surface area contributed by atoms with Crippen LogP contribution >= 0.6 is 0 Å². The van der Waals surface area contributed by atoms with Crippen LogP contribution in [-0.4, -0.2) is 21.6 Å². The van der Waals surface area contributed by atoms with E-state index < -0.39 is 11.9 Å². The van der Waals surface area contributed by atoms with Crippen LogP contribution in [0.1, 0.15) is 121 Å². The lowest BCUT2D eigenvalue weighted by Crippen LogP contribution is -2.67. The van der Waals surface area contributed by atoms with Gasteiger partial charge in [-0.2, -0.15) is 4.39 Å². The second kappa shape index (κ2) is 11.1. The van der Waals surface area contributed by atoms with Crippen LogP contribution in [0.3, 0.4) is 0 Å². The summed E-state index contributed by atoms with van der Waals surface area (Å²) in [5.74, 6) is 1.68. The maximum absolute atomic E-state index is 14.0. The summed E-state index contributed by atoms with van der Waals surface area (Å²) in [7, 11) is 0. The minimum Gasteiger partial charge on any atom is -0.478 e. The number of rotatable bonds is 6. The maximum Gasteiger partial charge on any atom is 0.335 e. The third kappa shape index (κ3) is 4.76. The quantitative estimate of drug-likeness (QED) is 0.244. The van der Waals surface area contributed by atoms with Crippen molar-refractivity contribution < 1.29 is 14.3 Å². The van der Waals surface area contributed by atoms with Gasteiger partial charge in [0, 0.05) is 18.3 Å². The summed E-state index contributed by atoms with van der Waals surface area (Å²) in [4.78, 5) is 15.3. The van der Waals surface area contributed by atoms with Gasteiger partial charge in [-0.1, -0.05) is 65.0 Å². The van der Waals surface area contributed by atoms with Gasteiger partial charge in [-0.3, -0.25) is 0 Å². The minimum atomic E-state index is -0.872. The molecule has 1 heterocycles. The van der Waals surface area contributed by atoms with Crippen molar-refractivity contribution in [1.82, 2.24) is 10.3 Å². The van der Waals surface area contributed by atoms with E-state index in [0.29, 0.717) is 41.7 Å². The van der Waals surface area contributed by atoms with Crippen LogP contribution in [0.5, 0.6) is 0 Å². The number of allylic oxidation sites excluding steroid dienone is 3. The number of benzene rings is 1. The monoisotopic (exact) mass is 638 g/mol. The van der Waals surface area contributed by atoms with Crippen LogP contribution in [0.15, 0.2) is 60.8 Å². The number of aromatic carboxylic acids is 1. The van der Waals surface area contributed by atoms with Crippen molar-refractivity contribution in [2.45, 2.75) is 111 Å². The van der Waals surface area contributed by atoms with Crippen molar-refractivity contribution in [3.05, 3.63) is 83.5 Å². The number of fused-ring (bicyclic) bond motifs is 7. The SMILES string of the molecule is C=C(C)[C@@H]1CC[C@]2(NCc3ccnc(F)c3)CC[C@]3(C)[C@H](CC[C@@H]4[C@@]5(C)CC=C(c6ccc(C(=O)O)cc6)C(C)(C)[C@@H]5CC[C@]43C)[C@@H]12. The van der Waals surface area contributed by atoms with E-state index in [1.54, 1.807) is 24.4 Å². The number of carbonyl (C=O) groups is 1. The molecule has 5 aliphatic rings. The first-order valence-electron chi connectivity index (χ1n) is 18.2. The Bertz CT molecular complexity index is 1610. The molecule has 4 nitrogen and oxygen atoms in total. The van der Waals surface area contributed by atoms with Crippen LogP contribution in [0.4, 0.5) is 4.39 Å². The van der Waals surface area contributed by atoms with Crippen molar-refractivity contribution >= 4 is 11.5 Å². The zero-order chi connectivity index (χ0) is 33.6. The molecule has 0 spiro atoms. The lowest BCUT2D eigenvalue weighted by atomic mass is 9.33. The highest BCUT2D eigenvalue weighted by atomic mass is 19.1. The summed E-state index contributed by atoms with van der Waals surface area (Å²) in [6.45, 7) is 20.4. The number of halogens is 1. The molecule has 4 fully saturated rings. The van der Waals surface area contributed by atoms with E-state index in [1.807, 2.05) is 18.2 Å². The standard InChI is InChI=1S/C42H55FN2O2/c1-26(2)30-14-20-42(45-25-27-17-23-44-35(43)24-27)22-21-40(6)32(36(30)42)12-13-34-39(5)18-15-31(28-8-10-29(11-9-28)37(46)47)38(3,4)33(39)16-19-41(34,40)7/h8-11,15,17,23-24,30,32-34,36,45H,1,12-14,16,18-22,25H2,2-7H3,(H,46,47)/t30-,32+,33-,34+,36+,39-,40+,41+,42-/m0/s1. The molecule has 5 heteroatoms. The molecule has 0 aliphatic heterocycles. The summed E-state index contributed by atoms with van der Waals surface area (Å²) in [6.07, 6.45) is 15.0. The number of aromatic nitrogens is 1. The highest BCUT2D eigenvalue weighted by Crippen LogP contribution is 2.76. The predicted octanol–water partition coefficient (Wildman–Crippen LogP) is 10.1. The highest BCUT2D eigenvalue weighted by Gasteiger charge is 2.70. The van der Waals surface area contributed by atoms with Crippen molar-refractivity contribution in [2.24, 2.45) is 51.2 Å². The van der Waals surface area contributed by atoms with E-state index in [0.717, 1.165) is 12.0 Å². The fourth-order valence-corrected chi connectivity index (χ4v) is 13.2. The number of pyridine rings is 1. The van der Waals surface area contributed by atoms with Gasteiger partial charge in [0.15, 0.2) is 0 Å². The van der Waals surface area contributed by atoms with Gasteiger partial charge < -0.3 is 10.4 Å².